The van der Waals surface area contributed by atoms with Crippen LogP contribution in [0.2, 0.25) is 13.1 Å². The molecule has 2 heterocycles. The van der Waals surface area contributed by atoms with Crippen molar-refractivity contribution in [3.05, 3.63) is 41.7 Å². The zero-order valence-corrected chi connectivity index (χ0v) is 12.5. The summed E-state index contributed by atoms with van der Waals surface area (Å²) in [6, 6.07) is 9.30. The Hall–Kier alpha value is -1.31. The molecule has 1 aromatic carbocycles. The van der Waals surface area contributed by atoms with Crippen molar-refractivity contribution >= 4 is 17.5 Å². The molecule has 0 bridgehead atoms. The Morgan fingerprint density at radius 1 is 1.32 bits per heavy atom. The van der Waals surface area contributed by atoms with Crippen LogP contribution in [0, 0.1) is 5.92 Å². The summed E-state index contributed by atoms with van der Waals surface area (Å²) >= 11 is 0. The van der Waals surface area contributed by atoms with E-state index in [0.717, 1.165) is 18.4 Å². The maximum absolute atomic E-state index is 2.38. The van der Waals surface area contributed by atoms with E-state index in [1.165, 1.54) is 34.8 Å². The lowest BCUT2D eigenvalue weighted by Gasteiger charge is -2.08. The van der Waals surface area contributed by atoms with Crippen LogP contribution in [0.4, 0.5) is 0 Å². The molecule has 1 unspecified atom stereocenters. The van der Waals surface area contributed by atoms with Gasteiger partial charge in [0.1, 0.15) is 7.05 Å². The number of fused-ring (bicyclic) bond motifs is 1. The zero-order valence-electron chi connectivity index (χ0n) is 12.5. The topological polar surface area (TPSA) is 3.88 Å². The Kier molecular flexibility index (Phi) is 3.12. The molecular weight excluding hydrogens is 229 g/mol. The van der Waals surface area contributed by atoms with Crippen LogP contribution in [0.25, 0.3) is 10.8 Å². The number of hydrogen-bond acceptors (Lipinski definition) is 0. The van der Waals surface area contributed by atoms with Crippen molar-refractivity contribution in [1.82, 2.24) is 0 Å². The van der Waals surface area contributed by atoms with Gasteiger partial charge in [0, 0.05) is 17.3 Å². The minimum Gasteiger partial charge on any atom is -0.205 e. The van der Waals surface area contributed by atoms with Gasteiger partial charge in [-0.1, -0.05) is 39.1 Å². The van der Waals surface area contributed by atoms with Gasteiger partial charge in [-0.3, -0.25) is 0 Å². The van der Waals surface area contributed by atoms with E-state index in [4.69, 9.17) is 0 Å². The molecule has 0 radical (unpaired) electrons. The highest BCUT2D eigenvalue weighted by molar-refractivity contribution is 6.70. The summed E-state index contributed by atoms with van der Waals surface area (Å²) in [6.07, 6.45) is 4.74. The van der Waals surface area contributed by atoms with Gasteiger partial charge in [-0.25, -0.2) is 4.57 Å². The maximum Gasteiger partial charge on any atom is 0.184 e. The second-order valence-electron chi connectivity index (χ2n) is 6.65. The van der Waals surface area contributed by atoms with Crippen molar-refractivity contribution in [3.63, 3.8) is 0 Å². The summed E-state index contributed by atoms with van der Waals surface area (Å²) in [7, 11) is 2.18. The Morgan fingerprint density at radius 3 is 2.68 bits per heavy atom. The monoisotopic (exact) mass is 252 g/mol. The fourth-order valence-corrected chi connectivity index (χ4v) is 3.21. The number of aryl methyl sites for hydroxylation is 1. The SMILES string of the molecule is CB1CC1c1c2ccc(CC(C)C)cc2cc[n+]1C. The van der Waals surface area contributed by atoms with Crippen LogP contribution in [-0.4, -0.2) is 6.71 Å². The van der Waals surface area contributed by atoms with Gasteiger partial charge in [-0.2, -0.15) is 0 Å². The lowest BCUT2D eigenvalue weighted by Crippen LogP contribution is -2.33. The third kappa shape index (κ3) is 2.41. The van der Waals surface area contributed by atoms with E-state index in [1.54, 1.807) is 0 Å². The second-order valence-corrected chi connectivity index (χ2v) is 6.65. The molecule has 0 saturated carbocycles. The number of pyridine rings is 1. The van der Waals surface area contributed by atoms with Crippen molar-refractivity contribution in [2.45, 2.75) is 39.2 Å². The van der Waals surface area contributed by atoms with E-state index in [-0.39, 0.29) is 0 Å². The van der Waals surface area contributed by atoms with Crippen LogP contribution in [0.15, 0.2) is 30.5 Å². The van der Waals surface area contributed by atoms with E-state index < -0.39 is 0 Å². The molecule has 1 saturated heterocycles. The summed E-state index contributed by atoms with van der Waals surface area (Å²) in [6.45, 7) is 7.78. The highest BCUT2D eigenvalue weighted by Crippen LogP contribution is 2.41. The lowest BCUT2D eigenvalue weighted by atomic mass is 9.70. The predicted octanol–water partition coefficient (Wildman–Crippen LogP) is 3.62. The van der Waals surface area contributed by atoms with Gasteiger partial charge in [-0.15, -0.1) is 0 Å². The van der Waals surface area contributed by atoms with Crippen LogP contribution in [0.5, 0.6) is 0 Å². The first-order valence-electron chi connectivity index (χ1n) is 7.47. The standard InChI is InChI=1S/C17H23BN/c1-12(2)9-13-5-6-15-14(10-13)7-8-19(4)17(15)16-11-18(16)3/h5-8,10,12,16H,9,11H2,1-4H3/q+1. The van der Waals surface area contributed by atoms with Gasteiger partial charge in [0.15, 0.2) is 18.6 Å². The molecule has 1 fully saturated rings. The molecule has 98 valence electrons. The molecule has 0 N–H and O–H groups in total. The van der Waals surface area contributed by atoms with E-state index in [1.807, 2.05) is 0 Å². The average molecular weight is 252 g/mol. The van der Waals surface area contributed by atoms with E-state index in [0.29, 0.717) is 0 Å². The fraction of sp³-hybridized carbons (Fsp3) is 0.471. The highest BCUT2D eigenvalue weighted by Gasteiger charge is 2.43. The molecule has 3 rings (SSSR count). The smallest absolute Gasteiger partial charge is 0.184 e. The predicted molar refractivity (Wildman–Crippen MR) is 82.8 cm³/mol. The van der Waals surface area contributed by atoms with Crippen molar-refractivity contribution < 1.29 is 4.57 Å². The Balaban J connectivity index is 2.08. The molecule has 1 nitrogen and oxygen atoms in total. The van der Waals surface area contributed by atoms with Gasteiger partial charge in [0.2, 0.25) is 0 Å². The molecule has 1 aliphatic heterocycles. The second kappa shape index (κ2) is 4.66. The normalized spacial score (nSPS) is 18.4. The summed E-state index contributed by atoms with van der Waals surface area (Å²) in [5, 5.41) is 2.86. The molecule has 1 atom stereocenters. The molecule has 1 aromatic heterocycles. The molecule has 0 spiro atoms. The molecule has 0 aliphatic carbocycles. The van der Waals surface area contributed by atoms with Crippen LogP contribution in [-0.2, 0) is 13.5 Å². The van der Waals surface area contributed by atoms with Gasteiger partial charge in [-0.05, 0) is 29.4 Å². The maximum atomic E-state index is 2.38. The minimum atomic E-state index is 0.722. The zero-order chi connectivity index (χ0) is 13.6. The third-order valence-corrected chi connectivity index (χ3v) is 4.35. The van der Waals surface area contributed by atoms with Crippen molar-refractivity contribution in [2.24, 2.45) is 13.0 Å². The van der Waals surface area contributed by atoms with Crippen LogP contribution in [0.1, 0.15) is 30.9 Å². The number of rotatable bonds is 3. The van der Waals surface area contributed by atoms with Gasteiger partial charge in [0.05, 0.1) is 0 Å². The molecule has 2 aromatic rings. The first-order chi connectivity index (χ1) is 9.06. The van der Waals surface area contributed by atoms with Gasteiger partial charge < -0.3 is 0 Å². The number of hydrogen-bond donors (Lipinski definition) is 0. The Morgan fingerprint density at radius 2 is 2.05 bits per heavy atom. The molecule has 19 heavy (non-hydrogen) atoms. The molecular formula is C17H23BN+. The van der Waals surface area contributed by atoms with Crippen molar-refractivity contribution in [1.29, 1.82) is 0 Å². The minimum absolute atomic E-state index is 0.722. The summed E-state index contributed by atoms with van der Waals surface area (Å²) in [4.78, 5) is 0. The van der Waals surface area contributed by atoms with Gasteiger partial charge >= 0.3 is 0 Å². The lowest BCUT2D eigenvalue weighted by molar-refractivity contribution is -0.677. The molecule has 0 amide bonds. The van der Waals surface area contributed by atoms with E-state index >= 15 is 0 Å². The van der Waals surface area contributed by atoms with E-state index in [2.05, 4.69) is 62.7 Å². The number of aromatic nitrogens is 1. The summed E-state index contributed by atoms with van der Waals surface area (Å²) in [5.41, 5.74) is 2.99. The van der Waals surface area contributed by atoms with Crippen molar-refractivity contribution in [2.75, 3.05) is 0 Å². The Labute approximate surface area is 116 Å². The molecule has 1 aliphatic rings. The quantitative estimate of drug-likeness (QED) is 0.580. The van der Waals surface area contributed by atoms with Crippen molar-refractivity contribution in [3.8, 4) is 0 Å². The van der Waals surface area contributed by atoms with Crippen LogP contribution in [0.3, 0.4) is 0 Å². The largest absolute Gasteiger partial charge is 0.205 e. The fourth-order valence-electron chi connectivity index (χ4n) is 3.21. The van der Waals surface area contributed by atoms with Gasteiger partial charge in [0.25, 0.3) is 0 Å². The highest BCUT2D eigenvalue weighted by atomic mass is 14.9. The summed E-state index contributed by atoms with van der Waals surface area (Å²) in [5.74, 6) is 1.49. The van der Waals surface area contributed by atoms with Crippen LogP contribution < -0.4 is 4.57 Å². The van der Waals surface area contributed by atoms with E-state index in [9.17, 15) is 0 Å². The van der Waals surface area contributed by atoms with Crippen LogP contribution >= 0.6 is 0 Å². The summed E-state index contributed by atoms with van der Waals surface area (Å²) < 4.78 is 2.32. The first kappa shape index (κ1) is 12.7. The third-order valence-electron chi connectivity index (χ3n) is 4.35. The average Bonchev–Trinajstić information content (AvgIpc) is 3.05. The molecule has 2 heteroatoms. The number of nitrogens with zero attached hydrogens (tertiary/aromatic N) is 1. The first-order valence-corrected chi connectivity index (χ1v) is 7.47. The Bertz CT molecular complexity index is 618. The number of benzene rings is 1.